The number of benzene rings is 2. The lowest BCUT2D eigenvalue weighted by Crippen LogP contribution is -1.97. The summed E-state index contributed by atoms with van der Waals surface area (Å²) < 4.78 is 27.5. The smallest absolute Gasteiger partial charge is 0.282 e. The van der Waals surface area contributed by atoms with Gasteiger partial charge in [-0.1, -0.05) is 17.7 Å². The summed E-state index contributed by atoms with van der Waals surface area (Å²) in [7, 11) is -3.77. The molecule has 2 rings (SSSR count). The van der Waals surface area contributed by atoms with Crippen LogP contribution in [0.1, 0.15) is 11.1 Å². The molecule has 20 heavy (non-hydrogen) atoms. The van der Waals surface area contributed by atoms with Gasteiger partial charge in [-0.15, -0.1) is 0 Å². The number of aryl methyl sites for hydroxylation is 1. The lowest BCUT2D eigenvalue weighted by Gasteiger charge is -2.00. The second-order valence-corrected chi connectivity index (χ2v) is 5.90. The van der Waals surface area contributed by atoms with E-state index in [0.29, 0.717) is 5.56 Å². The van der Waals surface area contributed by atoms with Crippen molar-refractivity contribution in [2.75, 3.05) is 0 Å². The first kappa shape index (κ1) is 14.1. The summed E-state index contributed by atoms with van der Waals surface area (Å²) in [4.78, 5) is 0.0994. The van der Waals surface area contributed by atoms with Crippen molar-refractivity contribution in [3.05, 3.63) is 53.6 Å². The molecule has 0 saturated carbocycles. The molecular formula is C14H13NO4S. The van der Waals surface area contributed by atoms with Gasteiger partial charge >= 0.3 is 0 Å². The lowest BCUT2D eigenvalue weighted by atomic mass is 10.2. The number of phenolic OH excluding ortho intramolecular Hbond substituents is 2. The molecule has 104 valence electrons. The number of rotatable bonds is 3. The van der Waals surface area contributed by atoms with Crippen LogP contribution in [0.3, 0.4) is 0 Å². The Morgan fingerprint density at radius 1 is 1.00 bits per heavy atom. The maximum atomic E-state index is 12.0. The first-order valence-corrected chi connectivity index (χ1v) is 7.21. The Kier molecular flexibility index (Phi) is 3.76. The highest BCUT2D eigenvalue weighted by atomic mass is 32.2. The summed E-state index contributed by atoms with van der Waals surface area (Å²) in [6.45, 7) is 1.86. The summed E-state index contributed by atoms with van der Waals surface area (Å²) in [6.07, 6.45) is 1.12. The molecule has 0 unspecified atom stereocenters. The minimum absolute atomic E-state index is 0.0994. The lowest BCUT2D eigenvalue weighted by molar-refractivity contribution is 0.403. The predicted molar refractivity (Wildman–Crippen MR) is 75.7 cm³/mol. The van der Waals surface area contributed by atoms with Gasteiger partial charge < -0.3 is 10.2 Å². The molecule has 0 amide bonds. The van der Waals surface area contributed by atoms with E-state index in [1.807, 2.05) is 6.92 Å². The Labute approximate surface area is 116 Å². The van der Waals surface area contributed by atoms with Gasteiger partial charge in [-0.05, 0) is 42.8 Å². The highest BCUT2D eigenvalue weighted by Crippen LogP contribution is 2.24. The first-order chi connectivity index (χ1) is 9.38. The van der Waals surface area contributed by atoms with Crippen molar-refractivity contribution in [1.29, 1.82) is 0 Å². The predicted octanol–water partition coefficient (Wildman–Crippen LogP) is 2.21. The van der Waals surface area contributed by atoms with Crippen LogP contribution in [-0.4, -0.2) is 24.8 Å². The third kappa shape index (κ3) is 3.16. The zero-order valence-electron chi connectivity index (χ0n) is 10.7. The molecule has 0 fully saturated rings. The number of hydrogen-bond donors (Lipinski definition) is 2. The van der Waals surface area contributed by atoms with E-state index in [-0.39, 0.29) is 16.4 Å². The van der Waals surface area contributed by atoms with Crippen LogP contribution in [0.2, 0.25) is 0 Å². The summed E-state index contributed by atoms with van der Waals surface area (Å²) >= 11 is 0. The zero-order chi connectivity index (χ0) is 14.8. The Morgan fingerprint density at radius 2 is 1.65 bits per heavy atom. The van der Waals surface area contributed by atoms with Crippen molar-refractivity contribution in [3.63, 3.8) is 0 Å². The van der Waals surface area contributed by atoms with Crippen LogP contribution in [0.15, 0.2) is 51.8 Å². The van der Waals surface area contributed by atoms with Gasteiger partial charge in [0.1, 0.15) is 0 Å². The van der Waals surface area contributed by atoms with Crippen LogP contribution >= 0.6 is 0 Å². The van der Waals surface area contributed by atoms with Crippen molar-refractivity contribution in [3.8, 4) is 11.5 Å². The van der Waals surface area contributed by atoms with E-state index in [9.17, 15) is 13.5 Å². The van der Waals surface area contributed by atoms with Crippen molar-refractivity contribution < 1.29 is 18.6 Å². The first-order valence-electron chi connectivity index (χ1n) is 5.77. The van der Waals surface area contributed by atoms with Gasteiger partial charge in [-0.25, -0.2) is 0 Å². The summed E-state index contributed by atoms with van der Waals surface area (Å²) in [6, 6.07) is 10.3. The second-order valence-electron chi connectivity index (χ2n) is 4.27. The average Bonchev–Trinajstić information content (AvgIpc) is 2.41. The average molecular weight is 291 g/mol. The molecule has 5 nitrogen and oxygen atoms in total. The maximum absolute atomic E-state index is 12.0. The molecule has 0 atom stereocenters. The molecule has 2 aromatic rings. The van der Waals surface area contributed by atoms with Crippen LogP contribution in [0.5, 0.6) is 11.5 Å². The summed E-state index contributed by atoms with van der Waals surface area (Å²) in [5.74, 6) is -0.606. The zero-order valence-corrected chi connectivity index (χ0v) is 11.5. The van der Waals surface area contributed by atoms with Crippen molar-refractivity contribution in [2.24, 2.45) is 4.40 Å². The van der Waals surface area contributed by atoms with Gasteiger partial charge in [0, 0.05) is 6.21 Å². The molecule has 0 aliphatic heterocycles. The SMILES string of the molecule is Cc1ccc(S(=O)(=O)/N=C\c2ccc(O)c(O)c2)cc1. The van der Waals surface area contributed by atoms with Crippen LogP contribution in [0.4, 0.5) is 0 Å². The molecule has 6 heteroatoms. The van der Waals surface area contributed by atoms with E-state index in [1.165, 1.54) is 30.3 Å². The fourth-order valence-electron chi connectivity index (χ4n) is 1.52. The normalized spacial score (nSPS) is 11.8. The second kappa shape index (κ2) is 5.34. The van der Waals surface area contributed by atoms with Gasteiger partial charge in [0.15, 0.2) is 11.5 Å². The van der Waals surface area contributed by atoms with Crippen LogP contribution in [0, 0.1) is 6.92 Å². The Bertz CT molecular complexity index is 749. The molecule has 0 aliphatic rings. The Balaban J connectivity index is 2.29. The number of nitrogens with zero attached hydrogens (tertiary/aromatic N) is 1. The molecule has 0 saturated heterocycles. The number of aromatic hydroxyl groups is 2. The van der Waals surface area contributed by atoms with Gasteiger partial charge in [-0.2, -0.15) is 12.8 Å². The number of hydrogen-bond acceptors (Lipinski definition) is 4. The summed E-state index contributed by atoms with van der Waals surface area (Å²) in [5, 5.41) is 18.5. The highest BCUT2D eigenvalue weighted by molar-refractivity contribution is 7.90. The Hall–Kier alpha value is -2.34. The van der Waals surface area contributed by atoms with Crippen LogP contribution in [-0.2, 0) is 10.0 Å². The standard InChI is InChI=1S/C14H13NO4S/c1-10-2-5-12(6-3-10)20(18,19)15-9-11-4-7-13(16)14(17)8-11/h2-9,16-17H,1H3/b15-9-. The van der Waals surface area contributed by atoms with Crippen molar-refractivity contribution in [2.45, 2.75) is 11.8 Å². The largest absolute Gasteiger partial charge is 0.504 e. The molecule has 2 aromatic carbocycles. The monoisotopic (exact) mass is 291 g/mol. The van der Waals surface area contributed by atoms with Crippen molar-refractivity contribution in [1.82, 2.24) is 0 Å². The molecule has 0 aliphatic carbocycles. The van der Waals surface area contributed by atoms with Gasteiger partial charge in [0.2, 0.25) is 0 Å². The molecule has 0 bridgehead atoms. The molecule has 0 radical (unpaired) electrons. The molecule has 2 N–H and O–H groups in total. The fraction of sp³-hybridized carbons (Fsp3) is 0.0714. The maximum Gasteiger partial charge on any atom is 0.282 e. The minimum Gasteiger partial charge on any atom is -0.504 e. The molecular weight excluding hydrogens is 278 g/mol. The van der Waals surface area contributed by atoms with E-state index in [1.54, 1.807) is 12.1 Å². The van der Waals surface area contributed by atoms with Crippen molar-refractivity contribution >= 4 is 16.2 Å². The number of sulfonamides is 1. The molecule has 0 heterocycles. The third-order valence-corrected chi connectivity index (χ3v) is 3.91. The molecule has 0 spiro atoms. The van der Waals surface area contributed by atoms with Crippen LogP contribution < -0.4 is 0 Å². The van der Waals surface area contributed by atoms with E-state index in [2.05, 4.69) is 4.40 Å². The van der Waals surface area contributed by atoms with E-state index in [4.69, 9.17) is 5.11 Å². The van der Waals surface area contributed by atoms with Gasteiger partial charge in [-0.3, -0.25) is 0 Å². The number of phenols is 2. The van der Waals surface area contributed by atoms with Gasteiger partial charge in [0.25, 0.3) is 10.0 Å². The topological polar surface area (TPSA) is 87.0 Å². The van der Waals surface area contributed by atoms with Gasteiger partial charge in [0.05, 0.1) is 4.90 Å². The fourth-order valence-corrected chi connectivity index (χ4v) is 2.38. The minimum atomic E-state index is -3.77. The van der Waals surface area contributed by atoms with E-state index < -0.39 is 10.0 Å². The van der Waals surface area contributed by atoms with E-state index in [0.717, 1.165) is 11.8 Å². The molecule has 0 aromatic heterocycles. The third-order valence-electron chi connectivity index (χ3n) is 2.66. The van der Waals surface area contributed by atoms with E-state index >= 15 is 0 Å². The summed E-state index contributed by atoms with van der Waals surface area (Å²) in [5.41, 5.74) is 1.33. The Morgan fingerprint density at radius 3 is 2.25 bits per heavy atom. The quantitative estimate of drug-likeness (QED) is 0.670. The van der Waals surface area contributed by atoms with Crippen LogP contribution in [0.25, 0.3) is 0 Å². The highest BCUT2D eigenvalue weighted by Gasteiger charge is 2.11.